The van der Waals surface area contributed by atoms with Crippen LogP contribution < -0.4 is 0 Å². The first-order valence-electron chi connectivity index (χ1n) is 5.91. The van der Waals surface area contributed by atoms with E-state index >= 15 is 0 Å². The molecule has 0 spiro atoms. The van der Waals surface area contributed by atoms with Crippen molar-refractivity contribution in [1.82, 2.24) is 0 Å². The molecule has 0 fully saturated rings. The van der Waals surface area contributed by atoms with Crippen LogP contribution in [0.4, 0.5) is 0 Å². The molecule has 1 aromatic heterocycles. The van der Waals surface area contributed by atoms with E-state index in [9.17, 15) is 9.90 Å². The zero-order valence-electron chi connectivity index (χ0n) is 10.5. The molecule has 0 saturated heterocycles. The van der Waals surface area contributed by atoms with Crippen LogP contribution in [0.3, 0.4) is 0 Å². The second-order valence-corrected chi connectivity index (χ2v) is 4.52. The van der Waals surface area contributed by atoms with Crippen molar-refractivity contribution in [2.75, 3.05) is 0 Å². The monoisotopic (exact) mass is 244 g/mol. The van der Waals surface area contributed by atoms with Gasteiger partial charge in [-0.2, -0.15) is 0 Å². The van der Waals surface area contributed by atoms with Gasteiger partial charge >= 0.3 is 5.97 Å². The van der Waals surface area contributed by atoms with Crippen molar-refractivity contribution in [3.63, 3.8) is 0 Å². The van der Waals surface area contributed by atoms with Crippen molar-refractivity contribution >= 4 is 5.97 Å². The fourth-order valence-electron chi connectivity index (χ4n) is 1.94. The van der Waals surface area contributed by atoms with Crippen LogP contribution in [-0.2, 0) is 11.2 Å². The van der Waals surface area contributed by atoms with Crippen LogP contribution in [0, 0.1) is 13.8 Å². The second-order valence-electron chi connectivity index (χ2n) is 4.52. The van der Waals surface area contributed by atoms with Crippen molar-refractivity contribution in [1.29, 1.82) is 0 Å². The highest BCUT2D eigenvalue weighted by atomic mass is 16.4. The minimum atomic E-state index is -0.826. The van der Waals surface area contributed by atoms with Gasteiger partial charge in [-0.3, -0.25) is 4.79 Å². The van der Waals surface area contributed by atoms with Crippen LogP contribution in [0.5, 0.6) is 0 Å². The van der Waals surface area contributed by atoms with Crippen LogP contribution in [0.15, 0.2) is 40.8 Å². The van der Waals surface area contributed by atoms with Crippen LogP contribution in [0.2, 0.25) is 0 Å². The Morgan fingerprint density at radius 3 is 2.33 bits per heavy atom. The number of carboxylic acid groups (broad SMARTS) is 1. The molecule has 94 valence electrons. The maximum absolute atomic E-state index is 11.4. The number of carboxylic acids is 1. The smallest absolute Gasteiger partial charge is 0.311 e. The lowest BCUT2D eigenvalue weighted by atomic mass is 9.94. The van der Waals surface area contributed by atoms with Gasteiger partial charge in [0.1, 0.15) is 11.5 Å². The molecular formula is C15H16O3. The van der Waals surface area contributed by atoms with Gasteiger partial charge in [0.15, 0.2) is 0 Å². The lowest BCUT2D eigenvalue weighted by Crippen LogP contribution is -2.14. The predicted octanol–water partition coefficient (Wildman–Crippen LogP) is 3.31. The third-order valence-corrected chi connectivity index (χ3v) is 2.98. The highest BCUT2D eigenvalue weighted by molar-refractivity contribution is 5.76. The average Bonchev–Trinajstić information content (AvgIpc) is 2.73. The van der Waals surface area contributed by atoms with Gasteiger partial charge in [0, 0.05) is 6.42 Å². The Kier molecular flexibility index (Phi) is 3.51. The Hall–Kier alpha value is -2.03. The molecule has 0 radical (unpaired) electrons. The molecule has 2 aromatic rings. The summed E-state index contributed by atoms with van der Waals surface area (Å²) in [6, 6.07) is 11.3. The summed E-state index contributed by atoms with van der Waals surface area (Å²) in [5, 5.41) is 9.32. The van der Waals surface area contributed by atoms with Gasteiger partial charge in [-0.05, 0) is 31.5 Å². The number of aryl methyl sites for hydroxylation is 2. The Morgan fingerprint density at radius 1 is 1.17 bits per heavy atom. The number of hydrogen-bond acceptors (Lipinski definition) is 2. The first kappa shape index (κ1) is 12.4. The van der Waals surface area contributed by atoms with Crippen LogP contribution in [0.25, 0.3) is 0 Å². The molecule has 0 bridgehead atoms. The third-order valence-electron chi connectivity index (χ3n) is 2.98. The van der Waals surface area contributed by atoms with Crippen LogP contribution in [0.1, 0.15) is 28.6 Å². The summed E-state index contributed by atoms with van der Waals surface area (Å²) in [5.74, 6) is 0.127. The molecule has 0 saturated carbocycles. The van der Waals surface area contributed by atoms with Gasteiger partial charge in [-0.25, -0.2) is 0 Å². The maximum atomic E-state index is 11.4. The van der Waals surface area contributed by atoms with E-state index in [0.29, 0.717) is 12.2 Å². The van der Waals surface area contributed by atoms with E-state index in [1.807, 2.05) is 50.2 Å². The number of hydrogen-bond donors (Lipinski definition) is 1. The highest BCUT2D eigenvalue weighted by Crippen LogP contribution is 2.23. The first-order chi connectivity index (χ1) is 8.56. The molecule has 0 aliphatic rings. The molecule has 1 N–H and O–H groups in total. The van der Waals surface area contributed by atoms with Gasteiger partial charge in [-0.15, -0.1) is 0 Å². The molecule has 0 amide bonds. The highest BCUT2D eigenvalue weighted by Gasteiger charge is 2.21. The number of aliphatic carboxylic acids is 1. The number of rotatable bonds is 4. The van der Waals surface area contributed by atoms with E-state index < -0.39 is 11.9 Å². The van der Waals surface area contributed by atoms with Gasteiger partial charge in [0.2, 0.25) is 0 Å². The Bertz CT molecular complexity index is 537. The normalized spacial score (nSPS) is 12.3. The molecule has 1 atom stereocenters. The molecule has 1 unspecified atom stereocenters. The van der Waals surface area contributed by atoms with Crippen molar-refractivity contribution in [2.24, 2.45) is 0 Å². The first-order valence-corrected chi connectivity index (χ1v) is 5.91. The molecule has 3 nitrogen and oxygen atoms in total. The van der Waals surface area contributed by atoms with Crippen molar-refractivity contribution in [3.05, 3.63) is 59.0 Å². The standard InChI is InChI=1S/C15H16O3/c1-10-3-6-12(7-4-10)14(15(16)17)9-13-8-5-11(2)18-13/h3-8,14H,9H2,1-2H3,(H,16,17). The fraction of sp³-hybridized carbons (Fsp3) is 0.267. The minimum Gasteiger partial charge on any atom is -0.481 e. The minimum absolute atomic E-state index is 0.381. The van der Waals surface area contributed by atoms with Crippen molar-refractivity contribution < 1.29 is 14.3 Å². The molecule has 0 aliphatic heterocycles. The number of benzene rings is 1. The number of carbonyl (C=O) groups is 1. The quantitative estimate of drug-likeness (QED) is 0.897. The summed E-state index contributed by atoms with van der Waals surface area (Å²) in [6.45, 7) is 3.83. The summed E-state index contributed by atoms with van der Waals surface area (Å²) in [4.78, 5) is 11.4. The molecule has 0 aliphatic carbocycles. The summed E-state index contributed by atoms with van der Waals surface area (Å²) in [7, 11) is 0. The zero-order chi connectivity index (χ0) is 13.1. The van der Waals surface area contributed by atoms with E-state index in [-0.39, 0.29) is 0 Å². The fourth-order valence-corrected chi connectivity index (χ4v) is 1.94. The molecule has 1 heterocycles. The third kappa shape index (κ3) is 2.80. The van der Waals surface area contributed by atoms with Gasteiger partial charge in [0.05, 0.1) is 5.92 Å². The van der Waals surface area contributed by atoms with Crippen LogP contribution >= 0.6 is 0 Å². The summed E-state index contributed by atoms with van der Waals surface area (Å²) >= 11 is 0. The average molecular weight is 244 g/mol. The topological polar surface area (TPSA) is 50.4 Å². The van der Waals surface area contributed by atoms with Gasteiger partial charge in [-0.1, -0.05) is 29.8 Å². The van der Waals surface area contributed by atoms with Crippen molar-refractivity contribution in [2.45, 2.75) is 26.2 Å². The maximum Gasteiger partial charge on any atom is 0.311 e. The van der Waals surface area contributed by atoms with E-state index in [1.165, 1.54) is 0 Å². The molecule has 18 heavy (non-hydrogen) atoms. The van der Waals surface area contributed by atoms with E-state index in [4.69, 9.17) is 4.42 Å². The molecule has 3 heteroatoms. The Morgan fingerprint density at radius 2 is 1.83 bits per heavy atom. The lowest BCUT2D eigenvalue weighted by Gasteiger charge is -2.11. The number of furan rings is 1. The second kappa shape index (κ2) is 5.08. The van der Waals surface area contributed by atoms with E-state index in [0.717, 1.165) is 16.9 Å². The zero-order valence-corrected chi connectivity index (χ0v) is 10.5. The van der Waals surface area contributed by atoms with Gasteiger partial charge < -0.3 is 9.52 Å². The summed E-state index contributed by atoms with van der Waals surface area (Å²) in [5.41, 5.74) is 1.93. The van der Waals surface area contributed by atoms with Crippen LogP contribution in [-0.4, -0.2) is 11.1 Å². The molecule has 2 rings (SSSR count). The Balaban J connectivity index is 2.23. The van der Waals surface area contributed by atoms with Gasteiger partial charge in [0.25, 0.3) is 0 Å². The SMILES string of the molecule is Cc1ccc(C(Cc2ccc(C)o2)C(=O)O)cc1. The largest absolute Gasteiger partial charge is 0.481 e. The predicted molar refractivity (Wildman–Crippen MR) is 68.7 cm³/mol. The summed E-state index contributed by atoms with van der Waals surface area (Å²) in [6.07, 6.45) is 0.381. The molecule has 1 aromatic carbocycles. The molecular weight excluding hydrogens is 228 g/mol. The van der Waals surface area contributed by atoms with Crippen molar-refractivity contribution in [3.8, 4) is 0 Å². The lowest BCUT2D eigenvalue weighted by molar-refractivity contribution is -0.138. The Labute approximate surface area is 106 Å². The summed E-state index contributed by atoms with van der Waals surface area (Å²) < 4.78 is 5.45. The van der Waals surface area contributed by atoms with E-state index in [2.05, 4.69) is 0 Å². The van der Waals surface area contributed by atoms with E-state index in [1.54, 1.807) is 0 Å².